The fourth-order valence-corrected chi connectivity index (χ4v) is 3.36. The van der Waals surface area contributed by atoms with Crippen molar-refractivity contribution in [2.75, 3.05) is 0 Å². The molecule has 0 radical (unpaired) electrons. The molecule has 1 unspecified atom stereocenters. The number of nitrogens with zero attached hydrogens (tertiary/aromatic N) is 3. The van der Waals surface area contributed by atoms with Crippen LogP contribution in [0, 0.1) is 6.92 Å². The first-order chi connectivity index (χ1) is 12.2. The Morgan fingerprint density at radius 2 is 2.20 bits per heavy atom. The molecule has 1 amide bonds. The second kappa shape index (κ2) is 6.55. The Balaban J connectivity index is 1.53. The van der Waals surface area contributed by atoms with Crippen molar-refractivity contribution < 1.29 is 9.32 Å². The third kappa shape index (κ3) is 3.20. The molecule has 25 heavy (non-hydrogen) atoms. The van der Waals surface area contributed by atoms with Gasteiger partial charge in [0.1, 0.15) is 0 Å². The summed E-state index contributed by atoms with van der Waals surface area (Å²) < 4.78 is 7.10. The Morgan fingerprint density at radius 1 is 1.36 bits per heavy atom. The largest absolute Gasteiger partial charge is 0.351 e. The van der Waals surface area contributed by atoms with E-state index in [-0.39, 0.29) is 17.7 Å². The fraction of sp³-hybridized carbons (Fsp3) is 0.316. The molecule has 0 bridgehead atoms. The minimum atomic E-state index is -0.228. The lowest BCUT2D eigenvalue weighted by Gasteiger charge is -2.23. The standard InChI is InChI=1S/C19H20N4O2/c1-13-10-18(25-22-13)19(24)21-16-8-5-9-17-15(16)11-20-23(17)12-14-6-3-2-4-7-14/h2-4,6-7,10-11,16H,5,8-9,12H2,1H3,(H,21,24). The number of carbonyl (C=O) groups is 1. The van der Waals surface area contributed by atoms with Gasteiger partial charge in [-0.25, -0.2) is 0 Å². The summed E-state index contributed by atoms with van der Waals surface area (Å²) in [6.45, 7) is 2.55. The SMILES string of the molecule is Cc1cc(C(=O)NC2CCCc3c2cnn3Cc2ccccc2)on1. The summed E-state index contributed by atoms with van der Waals surface area (Å²) in [4.78, 5) is 12.4. The molecule has 4 rings (SSSR count). The van der Waals surface area contributed by atoms with Crippen molar-refractivity contribution >= 4 is 5.91 Å². The predicted molar refractivity (Wildman–Crippen MR) is 92.2 cm³/mol. The number of fused-ring (bicyclic) bond motifs is 1. The van der Waals surface area contributed by atoms with Gasteiger partial charge in [-0.3, -0.25) is 9.48 Å². The van der Waals surface area contributed by atoms with Crippen molar-refractivity contribution in [2.24, 2.45) is 0 Å². The van der Waals surface area contributed by atoms with Crippen LogP contribution < -0.4 is 5.32 Å². The van der Waals surface area contributed by atoms with E-state index >= 15 is 0 Å². The highest BCUT2D eigenvalue weighted by Crippen LogP contribution is 2.30. The van der Waals surface area contributed by atoms with Crippen LogP contribution in [0.15, 0.2) is 47.1 Å². The Hall–Kier alpha value is -2.89. The van der Waals surface area contributed by atoms with Gasteiger partial charge < -0.3 is 9.84 Å². The minimum absolute atomic E-state index is 0.0359. The molecule has 6 nitrogen and oxygen atoms in total. The van der Waals surface area contributed by atoms with Crippen molar-refractivity contribution in [3.8, 4) is 0 Å². The summed E-state index contributed by atoms with van der Waals surface area (Å²) >= 11 is 0. The zero-order valence-electron chi connectivity index (χ0n) is 14.1. The highest BCUT2D eigenvalue weighted by atomic mass is 16.5. The van der Waals surface area contributed by atoms with Crippen LogP contribution in [0.2, 0.25) is 0 Å². The van der Waals surface area contributed by atoms with E-state index in [0.717, 1.165) is 31.4 Å². The maximum Gasteiger partial charge on any atom is 0.290 e. The van der Waals surface area contributed by atoms with Gasteiger partial charge in [0.15, 0.2) is 0 Å². The molecule has 1 atom stereocenters. The number of rotatable bonds is 4. The maximum atomic E-state index is 12.4. The molecule has 6 heteroatoms. The van der Waals surface area contributed by atoms with E-state index in [2.05, 4.69) is 27.7 Å². The van der Waals surface area contributed by atoms with Gasteiger partial charge in [0.2, 0.25) is 5.76 Å². The number of benzene rings is 1. The zero-order valence-corrected chi connectivity index (χ0v) is 14.1. The number of aromatic nitrogens is 3. The maximum absolute atomic E-state index is 12.4. The first-order valence-corrected chi connectivity index (χ1v) is 8.53. The van der Waals surface area contributed by atoms with Crippen LogP contribution in [0.4, 0.5) is 0 Å². The second-order valence-electron chi connectivity index (χ2n) is 6.44. The molecule has 1 aliphatic rings. The first kappa shape index (κ1) is 15.6. The van der Waals surface area contributed by atoms with Gasteiger partial charge in [-0.1, -0.05) is 35.5 Å². The van der Waals surface area contributed by atoms with Crippen LogP contribution in [0.5, 0.6) is 0 Å². The molecular formula is C19H20N4O2. The van der Waals surface area contributed by atoms with E-state index in [1.807, 2.05) is 29.1 Å². The lowest BCUT2D eigenvalue weighted by Crippen LogP contribution is -2.30. The third-order valence-electron chi connectivity index (χ3n) is 4.60. The summed E-state index contributed by atoms with van der Waals surface area (Å²) in [6, 6.07) is 11.9. The minimum Gasteiger partial charge on any atom is -0.351 e. The normalized spacial score (nSPS) is 16.4. The van der Waals surface area contributed by atoms with Gasteiger partial charge >= 0.3 is 0 Å². The predicted octanol–water partition coefficient (Wildman–Crippen LogP) is 3.04. The van der Waals surface area contributed by atoms with Gasteiger partial charge in [0.25, 0.3) is 5.91 Å². The summed E-state index contributed by atoms with van der Waals surface area (Å²) in [5.41, 5.74) is 4.22. The van der Waals surface area contributed by atoms with Crippen LogP contribution in [0.3, 0.4) is 0 Å². The molecule has 0 aliphatic heterocycles. The Kier molecular flexibility index (Phi) is 4.09. The van der Waals surface area contributed by atoms with Gasteiger partial charge in [0, 0.05) is 17.3 Å². The fourth-order valence-electron chi connectivity index (χ4n) is 3.36. The van der Waals surface area contributed by atoms with E-state index in [1.54, 1.807) is 13.0 Å². The molecule has 3 aromatic rings. The highest BCUT2D eigenvalue weighted by Gasteiger charge is 2.26. The van der Waals surface area contributed by atoms with Crippen molar-refractivity contribution in [1.82, 2.24) is 20.3 Å². The number of amides is 1. The van der Waals surface area contributed by atoms with Crippen molar-refractivity contribution in [1.29, 1.82) is 0 Å². The monoisotopic (exact) mass is 336 g/mol. The lowest BCUT2D eigenvalue weighted by molar-refractivity contribution is 0.0895. The van der Waals surface area contributed by atoms with E-state index < -0.39 is 0 Å². The molecule has 1 aliphatic carbocycles. The number of aryl methyl sites for hydroxylation is 1. The van der Waals surface area contributed by atoms with Crippen LogP contribution in [-0.2, 0) is 13.0 Å². The van der Waals surface area contributed by atoms with Crippen LogP contribution in [-0.4, -0.2) is 20.8 Å². The van der Waals surface area contributed by atoms with E-state index in [1.165, 1.54) is 11.3 Å². The van der Waals surface area contributed by atoms with Gasteiger partial charge in [-0.15, -0.1) is 0 Å². The van der Waals surface area contributed by atoms with Crippen molar-refractivity contribution in [3.05, 3.63) is 70.9 Å². The molecular weight excluding hydrogens is 316 g/mol. The summed E-state index contributed by atoms with van der Waals surface area (Å²) in [5.74, 6) is 0.0237. The molecule has 0 spiro atoms. The lowest BCUT2D eigenvalue weighted by atomic mass is 9.93. The average Bonchev–Trinajstić information content (AvgIpc) is 3.23. The number of hydrogen-bond donors (Lipinski definition) is 1. The number of hydrogen-bond acceptors (Lipinski definition) is 4. The second-order valence-corrected chi connectivity index (χ2v) is 6.44. The van der Waals surface area contributed by atoms with E-state index in [9.17, 15) is 4.79 Å². The summed E-state index contributed by atoms with van der Waals surface area (Å²) in [7, 11) is 0. The zero-order chi connectivity index (χ0) is 17.2. The van der Waals surface area contributed by atoms with Crippen LogP contribution in [0.1, 0.15) is 52.0 Å². The average molecular weight is 336 g/mol. The summed E-state index contributed by atoms with van der Waals surface area (Å²) in [5, 5.41) is 11.4. The number of nitrogens with one attached hydrogen (secondary N) is 1. The van der Waals surface area contributed by atoms with Gasteiger partial charge in [-0.2, -0.15) is 5.10 Å². The van der Waals surface area contributed by atoms with Crippen LogP contribution in [0.25, 0.3) is 0 Å². The molecule has 1 aromatic carbocycles. The Bertz CT molecular complexity index is 882. The van der Waals surface area contributed by atoms with Crippen molar-refractivity contribution in [2.45, 2.75) is 38.8 Å². The van der Waals surface area contributed by atoms with Gasteiger partial charge in [0.05, 0.1) is 24.5 Å². The quantitative estimate of drug-likeness (QED) is 0.795. The number of carbonyl (C=O) groups excluding carboxylic acids is 1. The highest BCUT2D eigenvalue weighted by molar-refractivity contribution is 5.91. The van der Waals surface area contributed by atoms with E-state index in [0.29, 0.717) is 5.69 Å². The third-order valence-corrected chi connectivity index (χ3v) is 4.60. The van der Waals surface area contributed by atoms with Gasteiger partial charge in [-0.05, 0) is 31.7 Å². The molecule has 1 N–H and O–H groups in total. The Morgan fingerprint density at radius 3 is 2.96 bits per heavy atom. The van der Waals surface area contributed by atoms with Crippen LogP contribution >= 0.6 is 0 Å². The molecule has 2 heterocycles. The van der Waals surface area contributed by atoms with Crippen molar-refractivity contribution in [3.63, 3.8) is 0 Å². The molecule has 0 saturated heterocycles. The molecule has 2 aromatic heterocycles. The molecule has 0 saturated carbocycles. The topological polar surface area (TPSA) is 73.0 Å². The molecule has 128 valence electrons. The smallest absolute Gasteiger partial charge is 0.290 e. The molecule has 0 fully saturated rings. The van der Waals surface area contributed by atoms with E-state index in [4.69, 9.17) is 4.52 Å². The first-order valence-electron chi connectivity index (χ1n) is 8.53. The summed E-state index contributed by atoms with van der Waals surface area (Å²) in [6.07, 6.45) is 4.79. The Labute approximate surface area is 145 Å².